The van der Waals surface area contributed by atoms with Crippen LogP contribution in [0.2, 0.25) is 0 Å². The van der Waals surface area contributed by atoms with Crippen LogP contribution >= 0.6 is 0 Å². The molecule has 3 rings (SSSR count). The van der Waals surface area contributed by atoms with Gasteiger partial charge in [-0.25, -0.2) is 4.79 Å². The van der Waals surface area contributed by atoms with Gasteiger partial charge >= 0.3 is 6.03 Å². The summed E-state index contributed by atoms with van der Waals surface area (Å²) in [6.07, 6.45) is 5.89. The quantitative estimate of drug-likeness (QED) is 0.887. The molecule has 0 saturated heterocycles. The number of fused-ring (bicyclic) bond motifs is 2. The molecule has 2 saturated carbocycles. The Morgan fingerprint density at radius 1 is 1.35 bits per heavy atom. The first kappa shape index (κ1) is 13.5. The van der Waals surface area contributed by atoms with Crippen molar-refractivity contribution >= 4 is 6.03 Å². The van der Waals surface area contributed by atoms with Crippen molar-refractivity contribution in [1.29, 1.82) is 0 Å². The Bertz CT molecular complexity index is 478. The second-order valence-electron chi connectivity index (χ2n) is 6.23. The number of hydrogen-bond acceptors (Lipinski definition) is 3. The number of hydrogen-bond donors (Lipinski definition) is 2. The maximum atomic E-state index is 11.9. The fourth-order valence-corrected chi connectivity index (χ4v) is 3.80. The van der Waals surface area contributed by atoms with E-state index in [2.05, 4.69) is 15.8 Å². The predicted molar refractivity (Wildman–Crippen MR) is 75.5 cm³/mol. The molecule has 0 radical (unpaired) electrons. The average Bonchev–Trinajstić information content (AvgIpc) is 3.09. The van der Waals surface area contributed by atoms with E-state index in [4.69, 9.17) is 4.52 Å². The summed E-state index contributed by atoms with van der Waals surface area (Å²) in [5.74, 6) is 2.42. The molecule has 20 heavy (non-hydrogen) atoms. The second-order valence-corrected chi connectivity index (χ2v) is 6.23. The fraction of sp³-hybridized carbons (Fsp3) is 0.733. The maximum Gasteiger partial charge on any atom is 0.315 e. The lowest BCUT2D eigenvalue weighted by atomic mass is 9.95. The van der Waals surface area contributed by atoms with Gasteiger partial charge in [-0.2, -0.15) is 0 Å². The smallest absolute Gasteiger partial charge is 0.315 e. The van der Waals surface area contributed by atoms with E-state index in [1.165, 1.54) is 25.7 Å². The molecule has 2 N–H and O–H groups in total. The van der Waals surface area contributed by atoms with Crippen molar-refractivity contribution < 1.29 is 9.32 Å². The molecule has 110 valence electrons. The first-order valence-electron chi connectivity index (χ1n) is 7.59. The third-order valence-electron chi connectivity index (χ3n) is 4.90. The van der Waals surface area contributed by atoms with Crippen molar-refractivity contribution in [3.63, 3.8) is 0 Å². The molecule has 2 aliphatic carbocycles. The van der Waals surface area contributed by atoms with Crippen LogP contribution in [0.4, 0.5) is 4.79 Å². The van der Waals surface area contributed by atoms with Crippen LogP contribution < -0.4 is 10.6 Å². The lowest BCUT2D eigenvalue weighted by Gasteiger charge is -2.23. The molecule has 5 nitrogen and oxygen atoms in total. The number of nitrogens with one attached hydrogen (secondary N) is 2. The summed E-state index contributed by atoms with van der Waals surface area (Å²) in [6, 6.07) is 0.363. The first-order chi connectivity index (χ1) is 9.63. The molecule has 0 unspecified atom stereocenters. The standard InChI is InChI=1S/C15H23N3O2/c1-9-13(10(2)20-18-9)5-6-16-15(19)17-14-8-11-3-4-12(14)7-11/h11-12,14H,3-8H2,1-2H3,(H2,16,17,19)/t11-,12+,14-/m0/s1. The predicted octanol–water partition coefficient (Wildman–Crippen LogP) is 2.32. The largest absolute Gasteiger partial charge is 0.361 e. The minimum Gasteiger partial charge on any atom is -0.361 e. The zero-order valence-electron chi connectivity index (χ0n) is 12.2. The molecule has 5 heteroatoms. The van der Waals surface area contributed by atoms with E-state index in [1.54, 1.807) is 0 Å². The molecule has 0 spiro atoms. The summed E-state index contributed by atoms with van der Waals surface area (Å²) in [4.78, 5) is 11.9. The zero-order valence-corrected chi connectivity index (χ0v) is 12.2. The molecule has 1 aromatic heterocycles. The summed E-state index contributed by atoms with van der Waals surface area (Å²) in [7, 11) is 0. The molecule has 1 aromatic rings. The van der Waals surface area contributed by atoms with E-state index in [0.717, 1.165) is 29.4 Å². The number of aromatic nitrogens is 1. The second kappa shape index (κ2) is 5.46. The Labute approximate surface area is 119 Å². The van der Waals surface area contributed by atoms with Gasteiger partial charge in [0, 0.05) is 18.2 Å². The van der Waals surface area contributed by atoms with Crippen LogP contribution in [0.3, 0.4) is 0 Å². The molecule has 2 amide bonds. The van der Waals surface area contributed by atoms with Gasteiger partial charge in [0.25, 0.3) is 0 Å². The fourth-order valence-electron chi connectivity index (χ4n) is 3.80. The van der Waals surface area contributed by atoms with Crippen LogP contribution in [-0.4, -0.2) is 23.8 Å². The maximum absolute atomic E-state index is 11.9. The Balaban J connectivity index is 1.41. The molecule has 0 aromatic carbocycles. The van der Waals surface area contributed by atoms with Gasteiger partial charge in [0.15, 0.2) is 0 Å². The number of aryl methyl sites for hydroxylation is 2. The van der Waals surface area contributed by atoms with Crippen LogP contribution in [0, 0.1) is 25.7 Å². The number of carbonyl (C=O) groups excluding carboxylic acids is 1. The molecular weight excluding hydrogens is 254 g/mol. The van der Waals surface area contributed by atoms with Crippen LogP contribution in [-0.2, 0) is 6.42 Å². The highest BCUT2D eigenvalue weighted by Gasteiger charge is 2.40. The zero-order chi connectivity index (χ0) is 14.1. The summed E-state index contributed by atoms with van der Waals surface area (Å²) >= 11 is 0. The number of urea groups is 1. The van der Waals surface area contributed by atoms with Crippen molar-refractivity contribution in [3.05, 3.63) is 17.0 Å². The highest BCUT2D eigenvalue weighted by atomic mass is 16.5. The number of amides is 2. The van der Waals surface area contributed by atoms with E-state index in [0.29, 0.717) is 18.5 Å². The molecule has 3 atom stereocenters. The van der Waals surface area contributed by atoms with E-state index >= 15 is 0 Å². The number of carbonyl (C=O) groups is 1. The van der Waals surface area contributed by atoms with Crippen LogP contribution in [0.5, 0.6) is 0 Å². The van der Waals surface area contributed by atoms with Crippen LogP contribution in [0.1, 0.15) is 42.7 Å². The Morgan fingerprint density at radius 3 is 2.80 bits per heavy atom. The Kier molecular flexibility index (Phi) is 3.68. The Hall–Kier alpha value is -1.52. The molecule has 2 aliphatic rings. The molecule has 2 bridgehead atoms. The van der Waals surface area contributed by atoms with Gasteiger partial charge in [-0.1, -0.05) is 11.6 Å². The number of rotatable bonds is 4. The number of nitrogens with zero attached hydrogens (tertiary/aromatic N) is 1. The normalized spacial score (nSPS) is 27.8. The summed E-state index contributed by atoms with van der Waals surface area (Å²) in [5.41, 5.74) is 2.02. The van der Waals surface area contributed by atoms with Gasteiger partial charge < -0.3 is 15.2 Å². The molecule has 0 aliphatic heterocycles. The van der Waals surface area contributed by atoms with Gasteiger partial charge in [0.2, 0.25) is 0 Å². The van der Waals surface area contributed by atoms with Crippen molar-refractivity contribution in [2.45, 2.75) is 52.0 Å². The monoisotopic (exact) mass is 277 g/mol. The van der Waals surface area contributed by atoms with E-state index in [-0.39, 0.29) is 6.03 Å². The van der Waals surface area contributed by atoms with E-state index in [9.17, 15) is 4.79 Å². The average molecular weight is 277 g/mol. The van der Waals surface area contributed by atoms with Crippen molar-refractivity contribution in [2.75, 3.05) is 6.54 Å². The lowest BCUT2D eigenvalue weighted by Crippen LogP contribution is -2.44. The lowest BCUT2D eigenvalue weighted by molar-refractivity contribution is 0.231. The third-order valence-corrected chi connectivity index (χ3v) is 4.90. The molecule has 1 heterocycles. The highest BCUT2D eigenvalue weighted by Crippen LogP contribution is 2.44. The minimum absolute atomic E-state index is 0.0330. The van der Waals surface area contributed by atoms with Gasteiger partial charge in [0.1, 0.15) is 5.76 Å². The molecule has 2 fully saturated rings. The van der Waals surface area contributed by atoms with Gasteiger partial charge in [-0.05, 0) is 51.4 Å². The van der Waals surface area contributed by atoms with Crippen molar-refractivity contribution in [2.24, 2.45) is 11.8 Å². The van der Waals surface area contributed by atoms with E-state index < -0.39 is 0 Å². The van der Waals surface area contributed by atoms with Crippen LogP contribution in [0.25, 0.3) is 0 Å². The minimum atomic E-state index is -0.0330. The molecular formula is C15H23N3O2. The summed E-state index contributed by atoms with van der Waals surface area (Å²) in [5, 5.41) is 9.99. The summed E-state index contributed by atoms with van der Waals surface area (Å²) < 4.78 is 5.12. The SMILES string of the molecule is Cc1noc(C)c1CCNC(=O)N[C@H]1C[C@H]2CC[C@@H]1C2. The summed E-state index contributed by atoms with van der Waals surface area (Å²) in [6.45, 7) is 4.46. The van der Waals surface area contributed by atoms with Crippen molar-refractivity contribution in [1.82, 2.24) is 15.8 Å². The third kappa shape index (κ3) is 2.67. The highest BCUT2D eigenvalue weighted by molar-refractivity contribution is 5.74. The van der Waals surface area contributed by atoms with Gasteiger partial charge in [-0.3, -0.25) is 0 Å². The topological polar surface area (TPSA) is 67.2 Å². The van der Waals surface area contributed by atoms with Crippen LogP contribution in [0.15, 0.2) is 4.52 Å². The Morgan fingerprint density at radius 2 is 2.20 bits per heavy atom. The van der Waals surface area contributed by atoms with Gasteiger partial charge in [-0.15, -0.1) is 0 Å². The van der Waals surface area contributed by atoms with Crippen molar-refractivity contribution in [3.8, 4) is 0 Å². The first-order valence-corrected chi connectivity index (χ1v) is 7.59. The van der Waals surface area contributed by atoms with Gasteiger partial charge in [0.05, 0.1) is 5.69 Å². The van der Waals surface area contributed by atoms with E-state index in [1.807, 2.05) is 13.8 Å².